The SMILES string of the molecule is CCCOC(=O)c1ccc(N/C=C(\C#N)c2nc(-c3ccc(Cl)cc3Cl)cs2)cc1. The zero-order valence-electron chi connectivity index (χ0n) is 16.0. The Morgan fingerprint density at radius 3 is 2.70 bits per heavy atom. The molecule has 30 heavy (non-hydrogen) atoms. The van der Waals surface area contributed by atoms with Crippen molar-refractivity contribution in [2.45, 2.75) is 13.3 Å². The number of aromatic nitrogens is 1. The summed E-state index contributed by atoms with van der Waals surface area (Å²) in [6, 6.07) is 14.2. The molecular weight excluding hydrogens is 441 g/mol. The minimum atomic E-state index is -0.354. The number of hydrogen-bond donors (Lipinski definition) is 1. The molecule has 0 aliphatic carbocycles. The molecule has 1 heterocycles. The molecule has 0 saturated carbocycles. The lowest BCUT2D eigenvalue weighted by atomic mass is 10.2. The number of esters is 1. The van der Waals surface area contributed by atoms with E-state index in [4.69, 9.17) is 27.9 Å². The zero-order chi connectivity index (χ0) is 21.5. The van der Waals surface area contributed by atoms with Crippen molar-refractivity contribution in [1.29, 1.82) is 5.26 Å². The van der Waals surface area contributed by atoms with Crippen LogP contribution in [0.5, 0.6) is 0 Å². The number of anilines is 1. The summed E-state index contributed by atoms with van der Waals surface area (Å²) >= 11 is 13.5. The first-order valence-corrected chi connectivity index (χ1v) is 10.7. The molecule has 1 aromatic heterocycles. The molecule has 152 valence electrons. The molecular formula is C22H17Cl2N3O2S. The van der Waals surface area contributed by atoms with Crippen molar-refractivity contribution in [3.8, 4) is 17.3 Å². The summed E-state index contributed by atoms with van der Waals surface area (Å²) in [6.45, 7) is 2.33. The fourth-order valence-corrected chi connectivity index (χ4v) is 3.79. The monoisotopic (exact) mass is 457 g/mol. The van der Waals surface area contributed by atoms with Gasteiger partial charge in [-0.15, -0.1) is 11.3 Å². The van der Waals surface area contributed by atoms with Crippen LogP contribution in [0.3, 0.4) is 0 Å². The van der Waals surface area contributed by atoms with Crippen LogP contribution in [-0.2, 0) is 4.74 Å². The predicted molar refractivity (Wildman–Crippen MR) is 122 cm³/mol. The molecule has 0 atom stereocenters. The van der Waals surface area contributed by atoms with E-state index in [1.54, 1.807) is 48.7 Å². The van der Waals surface area contributed by atoms with E-state index in [2.05, 4.69) is 16.4 Å². The normalized spacial score (nSPS) is 11.1. The maximum Gasteiger partial charge on any atom is 0.338 e. The van der Waals surface area contributed by atoms with Crippen molar-refractivity contribution in [2.75, 3.05) is 11.9 Å². The van der Waals surface area contributed by atoms with Crippen LogP contribution in [0.15, 0.2) is 54.0 Å². The lowest BCUT2D eigenvalue weighted by Gasteiger charge is -2.05. The summed E-state index contributed by atoms with van der Waals surface area (Å²) in [6.07, 6.45) is 2.35. The van der Waals surface area contributed by atoms with Crippen LogP contribution in [0.4, 0.5) is 5.69 Å². The highest BCUT2D eigenvalue weighted by atomic mass is 35.5. The largest absolute Gasteiger partial charge is 0.462 e. The number of carbonyl (C=O) groups is 1. The Morgan fingerprint density at radius 1 is 1.27 bits per heavy atom. The van der Waals surface area contributed by atoms with Crippen LogP contribution in [0, 0.1) is 11.3 Å². The number of hydrogen-bond acceptors (Lipinski definition) is 6. The van der Waals surface area contributed by atoms with Gasteiger partial charge < -0.3 is 10.1 Å². The third kappa shape index (κ3) is 5.39. The van der Waals surface area contributed by atoms with Crippen molar-refractivity contribution < 1.29 is 9.53 Å². The minimum absolute atomic E-state index is 0.354. The fourth-order valence-electron chi connectivity index (χ4n) is 2.50. The third-order valence-electron chi connectivity index (χ3n) is 4.00. The zero-order valence-corrected chi connectivity index (χ0v) is 18.3. The maximum atomic E-state index is 11.9. The molecule has 1 N–H and O–H groups in total. The van der Waals surface area contributed by atoms with E-state index in [-0.39, 0.29) is 5.97 Å². The van der Waals surface area contributed by atoms with E-state index < -0.39 is 0 Å². The summed E-state index contributed by atoms with van der Waals surface area (Å²) in [7, 11) is 0. The molecule has 8 heteroatoms. The van der Waals surface area contributed by atoms with Gasteiger partial charge in [0.1, 0.15) is 16.6 Å². The fraction of sp³-hybridized carbons (Fsp3) is 0.136. The molecule has 0 spiro atoms. The van der Waals surface area contributed by atoms with Gasteiger partial charge in [-0.05, 0) is 48.9 Å². The summed E-state index contributed by atoms with van der Waals surface area (Å²) in [5.41, 5.74) is 3.00. The van der Waals surface area contributed by atoms with Crippen LogP contribution < -0.4 is 5.32 Å². The highest BCUT2D eigenvalue weighted by Crippen LogP contribution is 2.32. The predicted octanol–water partition coefficient (Wildman–Crippen LogP) is 6.66. The van der Waals surface area contributed by atoms with Gasteiger partial charge in [0.05, 0.1) is 22.9 Å². The third-order valence-corrected chi connectivity index (χ3v) is 5.43. The average Bonchev–Trinajstić information content (AvgIpc) is 3.22. The van der Waals surface area contributed by atoms with Gasteiger partial charge in [0.25, 0.3) is 0 Å². The second-order valence-electron chi connectivity index (χ2n) is 6.19. The highest BCUT2D eigenvalue weighted by molar-refractivity contribution is 7.11. The Balaban J connectivity index is 1.73. The van der Waals surface area contributed by atoms with E-state index in [1.807, 2.05) is 12.3 Å². The first kappa shape index (κ1) is 21.8. The van der Waals surface area contributed by atoms with Crippen LogP contribution in [0.1, 0.15) is 28.7 Å². The lowest BCUT2D eigenvalue weighted by Crippen LogP contribution is -2.05. The Hall–Kier alpha value is -2.85. The van der Waals surface area contributed by atoms with Crippen LogP contribution in [0.25, 0.3) is 16.8 Å². The first-order valence-electron chi connectivity index (χ1n) is 9.07. The van der Waals surface area contributed by atoms with Gasteiger partial charge in [0.2, 0.25) is 0 Å². The summed E-state index contributed by atoms with van der Waals surface area (Å²) in [5.74, 6) is -0.354. The number of ether oxygens (including phenoxy) is 1. The minimum Gasteiger partial charge on any atom is -0.462 e. The van der Waals surface area contributed by atoms with Gasteiger partial charge in [-0.3, -0.25) is 0 Å². The van der Waals surface area contributed by atoms with E-state index in [9.17, 15) is 10.1 Å². The molecule has 5 nitrogen and oxygen atoms in total. The molecule has 0 radical (unpaired) electrons. The Morgan fingerprint density at radius 2 is 2.03 bits per heavy atom. The van der Waals surface area contributed by atoms with Crippen LogP contribution >= 0.6 is 34.5 Å². The van der Waals surface area contributed by atoms with E-state index >= 15 is 0 Å². The molecule has 0 fully saturated rings. The van der Waals surface area contributed by atoms with Crippen molar-refractivity contribution in [1.82, 2.24) is 4.98 Å². The number of nitrogens with zero attached hydrogens (tertiary/aromatic N) is 2. The number of thiazole rings is 1. The number of nitrogens with one attached hydrogen (secondary N) is 1. The van der Waals surface area contributed by atoms with Crippen molar-refractivity contribution in [2.24, 2.45) is 0 Å². The lowest BCUT2D eigenvalue weighted by molar-refractivity contribution is 0.0505. The quantitative estimate of drug-likeness (QED) is 0.317. The van der Waals surface area contributed by atoms with Gasteiger partial charge in [-0.25, -0.2) is 9.78 Å². The molecule has 0 bridgehead atoms. The van der Waals surface area contributed by atoms with Crippen molar-refractivity contribution in [3.05, 3.63) is 74.7 Å². The van der Waals surface area contributed by atoms with E-state index in [1.165, 1.54) is 11.3 Å². The van der Waals surface area contributed by atoms with Crippen molar-refractivity contribution in [3.63, 3.8) is 0 Å². The molecule has 0 unspecified atom stereocenters. The number of rotatable bonds is 7. The molecule has 0 aliphatic rings. The molecule has 2 aromatic carbocycles. The maximum absolute atomic E-state index is 11.9. The second-order valence-corrected chi connectivity index (χ2v) is 7.89. The molecule has 3 rings (SSSR count). The molecule has 0 aliphatic heterocycles. The number of benzene rings is 2. The van der Waals surface area contributed by atoms with Crippen LogP contribution in [0.2, 0.25) is 10.0 Å². The van der Waals surface area contributed by atoms with Gasteiger partial charge in [0, 0.05) is 27.9 Å². The van der Waals surface area contributed by atoms with Gasteiger partial charge in [0.15, 0.2) is 0 Å². The number of halogens is 2. The summed E-state index contributed by atoms with van der Waals surface area (Å²) in [4.78, 5) is 16.4. The Bertz CT molecular complexity index is 1120. The standard InChI is InChI=1S/C22H17Cl2N3O2S/c1-2-9-29-22(28)14-3-6-17(7-4-14)26-12-15(11-25)21-27-20(13-30-21)18-8-5-16(23)10-19(18)24/h3-8,10,12-13,26H,2,9H2,1H3/b15-12+. The topological polar surface area (TPSA) is 75.0 Å². The van der Waals surface area contributed by atoms with E-state index in [0.29, 0.717) is 38.5 Å². The number of nitriles is 1. The Kier molecular flexibility index (Phi) is 7.47. The Labute approximate surface area is 188 Å². The van der Waals surface area contributed by atoms with Gasteiger partial charge in [-0.2, -0.15) is 5.26 Å². The van der Waals surface area contributed by atoms with Crippen LogP contribution in [-0.4, -0.2) is 17.6 Å². The van der Waals surface area contributed by atoms with Gasteiger partial charge in [-0.1, -0.05) is 30.1 Å². The number of allylic oxidation sites excluding steroid dienone is 1. The van der Waals surface area contributed by atoms with Crippen molar-refractivity contribution >= 4 is 51.8 Å². The smallest absolute Gasteiger partial charge is 0.338 e. The highest BCUT2D eigenvalue weighted by Gasteiger charge is 2.12. The first-order chi connectivity index (χ1) is 14.5. The van der Waals surface area contributed by atoms with Gasteiger partial charge >= 0.3 is 5.97 Å². The number of carbonyl (C=O) groups excluding carboxylic acids is 1. The molecule has 0 amide bonds. The molecule has 0 saturated heterocycles. The summed E-state index contributed by atoms with van der Waals surface area (Å²) in [5, 5.41) is 16.0. The molecule has 3 aromatic rings. The average molecular weight is 458 g/mol. The second kappa shape index (κ2) is 10.3. The summed E-state index contributed by atoms with van der Waals surface area (Å²) < 4.78 is 5.11. The van der Waals surface area contributed by atoms with E-state index in [0.717, 1.165) is 17.7 Å².